The van der Waals surface area contributed by atoms with Gasteiger partial charge >= 0.3 is 0 Å². The Morgan fingerprint density at radius 3 is 2.90 bits per heavy atom. The Bertz CT molecular complexity index is 525. The standard InChI is InChI=1S/C14H24N2O2S2/c1-2-4-12-5-3-8-16(9-6-12)20(17,18)14-7-10-19-13(14)11-15/h7,10,12H,2-6,8-9,11,15H2,1H3. The number of sulfonamides is 1. The zero-order valence-corrected chi connectivity index (χ0v) is 13.7. The molecule has 1 saturated heterocycles. The van der Waals surface area contributed by atoms with Crippen molar-refractivity contribution in [3.05, 3.63) is 16.3 Å². The van der Waals surface area contributed by atoms with Crippen LogP contribution in [-0.2, 0) is 16.6 Å². The molecule has 2 N–H and O–H groups in total. The first kappa shape index (κ1) is 15.9. The molecule has 2 rings (SSSR count). The number of hydrogen-bond donors (Lipinski definition) is 1. The fourth-order valence-electron chi connectivity index (χ4n) is 2.92. The molecule has 114 valence electrons. The molecule has 1 fully saturated rings. The van der Waals surface area contributed by atoms with E-state index in [1.165, 1.54) is 24.2 Å². The van der Waals surface area contributed by atoms with Crippen molar-refractivity contribution in [2.45, 2.75) is 50.5 Å². The number of rotatable bonds is 5. The maximum absolute atomic E-state index is 12.7. The Labute approximate surface area is 126 Å². The van der Waals surface area contributed by atoms with E-state index >= 15 is 0 Å². The summed E-state index contributed by atoms with van der Waals surface area (Å²) in [6.45, 7) is 3.77. The van der Waals surface area contributed by atoms with E-state index < -0.39 is 10.0 Å². The van der Waals surface area contributed by atoms with Crippen molar-refractivity contribution in [2.24, 2.45) is 11.7 Å². The third-order valence-corrected chi connectivity index (χ3v) is 7.07. The van der Waals surface area contributed by atoms with Crippen LogP contribution < -0.4 is 5.73 Å². The second kappa shape index (κ2) is 7.02. The van der Waals surface area contributed by atoms with E-state index in [0.29, 0.717) is 30.4 Å². The molecule has 1 atom stereocenters. The molecule has 1 aromatic heterocycles. The molecular formula is C14H24N2O2S2. The first-order valence-electron chi connectivity index (χ1n) is 7.36. The highest BCUT2D eigenvalue weighted by molar-refractivity contribution is 7.89. The van der Waals surface area contributed by atoms with Gasteiger partial charge in [0.25, 0.3) is 0 Å². The van der Waals surface area contributed by atoms with Crippen LogP contribution in [0, 0.1) is 5.92 Å². The highest BCUT2D eigenvalue weighted by Gasteiger charge is 2.29. The van der Waals surface area contributed by atoms with Gasteiger partial charge in [-0.2, -0.15) is 4.31 Å². The zero-order chi connectivity index (χ0) is 14.6. The Kier molecular flexibility index (Phi) is 5.60. The minimum atomic E-state index is -3.36. The average Bonchev–Trinajstić information content (AvgIpc) is 2.79. The third-order valence-electron chi connectivity index (χ3n) is 4.01. The van der Waals surface area contributed by atoms with Crippen LogP contribution in [0.3, 0.4) is 0 Å². The highest BCUT2D eigenvalue weighted by Crippen LogP contribution is 2.29. The molecule has 6 heteroatoms. The summed E-state index contributed by atoms with van der Waals surface area (Å²) in [7, 11) is -3.36. The van der Waals surface area contributed by atoms with Gasteiger partial charge in [0.2, 0.25) is 10.0 Å². The van der Waals surface area contributed by atoms with Crippen molar-refractivity contribution in [3.63, 3.8) is 0 Å². The van der Waals surface area contributed by atoms with Crippen LogP contribution in [0.5, 0.6) is 0 Å². The van der Waals surface area contributed by atoms with Gasteiger partial charge in [-0.1, -0.05) is 19.8 Å². The topological polar surface area (TPSA) is 63.4 Å². The Morgan fingerprint density at radius 2 is 2.20 bits per heavy atom. The summed E-state index contributed by atoms with van der Waals surface area (Å²) in [5.41, 5.74) is 5.64. The summed E-state index contributed by atoms with van der Waals surface area (Å²) >= 11 is 1.42. The van der Waals surface area contributed by atoms with Gasteiger partial charge in [-0.05, 0) is 36.6 Å². The monoisotopic (exact) mass is 316 g/mol. The lowest BCUT2D eigenvalue weighted by Gasteiger charge is -2.20. The van der Waals surface area contributed by atoms with E-state index in [-0.39, 0.29) is 0 Å². The van der Waals surface area contributed by atoms with E-state index in [0.717, 1.165) is 24.1 Å². The molecule has 2 heterocycles. The van der Waals surface area contributed by atoms with E-state index in [1.54, 1.807) is 10.4 Å². The Hall–Kier alpha value is -0.430. The van der Waals surface area contributed by atoms with Crippen molar-refractivity contribution in [1.29, 1.82) is 0 Å². The SMILES string of the molecule is CCCC1CCCN(S(=O)(=O)c2ccsc2CN)CC1. The largest absolute Gasteiger partial charge is 0.326 e. The maximum atomic E-state index is 12.7. The van der Waals surface area contributed by atoms with Gasteiger partial charge in [0.1, 0.15) is 0 Å². The molecule has 1 unspecified atom stereocenters. The molecule has 20 heavy (non-hydrogen) atoms. The fourth-order valence-corrected chi connectivity index (χ4v) is 5.72. The minimum Gasteiger partial charge on any atom is -0.326 e. The van der Waals surface area contributed by atoms with Gasteiger partial charge in [-0.15, -0.1) is 11.3 Å². The fraction of sp³-hybridized carbons (Fsp3) is 0.714. The lowest BCUT2D eigenvalue weighted by molar-refractivity contribution is 0.400. The quantitative estimate of drug-likeness (QED) is 0.908. The smallest absolute Gasteiger partial charge is 0.244 e. The van der Waals surface area contributed by atoms with E-state index in [9.17, 15) is 8.42 Å². The lowest BCUT2D eigenvalue weighted by atomic mass is 9.96. The summed E-state index contributed by atoms with van der Waals surface area (Å²) in [5, 5.41) is 1.81. The summed E-state index contributed by atoms with van der Waals surface area (Å²) in [5.74, 6) is 0.677. The molecule has 1 aliphatic rings. The van der Waals surface area contributed by atoms with E-state index in [2.05, 4.69) is 6.92 Å². The van der Waals surface area contributed by atoms with Crippen LogP contribution in [-0.4, -0.2) is 25.8 Å². The first-order chi connectivity index (χ1) is 9.59. The number of nitrogens with zero attached hydrogens (tertiary/aromatic N) is 1. The second-order valence-electron chi connectivity index (χ2n) is 5.40. The molecule has 0 aliphatic carbocycles. The Balaban J connectivity index is 2.14. The van der Waals surface area contributed by atoms with Crippen LogP contribution in [0.25, 0.3) is 0 Å². The van der Waals surface area contributed by atoms with Crippen molar-refractivity contribution in [1.82, 2.24) is 4.31 Å². The van der Waals surface area contributed by atoms with Gasteiger partial charge in [0, 0.05) is 24.5 Å². The molecule has 0 radical (unpaired) electrons. The molecule has 0 amide bonds. The molecule has 0 saturated carbocycles. The number of hydrogen-bond acceptors (Lipinski definition) is 4. The molecule has 1 aromatic rings. The van der Waals surface area contributed by atoms with Gasteiger partial charge in [0.15, 0.2) is 0 Å². The van der Waals surface area contributed by atoms with Crippen LogP contribution >= 0.6 is 11.3 Å². The summed E-state index contributed by atoms with van der Waals surface area (Å²) in [6, 6.07) is 1.69. The zero-order valence-electron chi connectivity index (χ0n) is 12.0. The summed E-state index contributed by atoms with van der Waals surface area (Å²) < 4.78 is 27.1. The number of thiophene rings is 1. The van der Waals surface area contributed by atoms with Gasteiger partial charge in [-0.3, -0.25) is 0 Å². The van der Waals surface area contributed by atoms with Crippen LogP contribution in [0.15, 0.2) is 16.3 Å². The Morgan fingerprint density at radius 1 is 1.40 bits per heavy atom. The van der Waals surface area contributed by atoms with Crippen molar-refractivity contribution in [2.75, 3.05) is 13.1 Å². The second-order valence-corrected chi connectivity index (χ2v) is 8.31. The van der Waals surface area contributed by atoms with Crippen molar-refractivity contribution in [3.8, 4) is 0 Å². The van der Waals surface area contributed by atoms with Crippen molar-refractivity contribution < 1.29 is 8.42 Å². The predicted octanol–water partition coefficient (Wildman–Crippen LogP) is 2.80. The van der Waals surface area contributed by atoms with Gasteiger partial charge in [0.05, 0.1) is 4.90 Å². The molecule has 4 nitrogen and oxygen atoms in total. The van der Waals surface area contributed by atoms with Crippen LogP contribution in [0.1, 0.15) is 43.9 Å². The minimum absolute atomic E-state index is 0.290. The molecule has 0 spiro atoms. The number of nitrogens with two attached hydrogens (primary N) is 1. The van der Waals surface area contributed by atoms with Crippen LogP contribution in [0.4, 0.5) is 0 Å². The van der Waals surface area contributed by atoms with Gasteiger partial charge < -0.3 is 5.73 Å². The van der Waals surface area contributed by atoms with Crippen molar-refractivity contribution >= 4 is 21.4 Å². The average molecular weight is 316 g/mol. The maximum Gasteiger partial charge on any atom is 0.244 e. The molecule has 1 aliphatic heterocycles. The van der Waals surface area contributed by atoms with E-state index in [4.69, 9.17) is 5.73 Å². The first-order valence-corrected chi connectivity index (χ1v) is 9.68. The lowest BCUT2D eigenvalue weighted by Crippen LogP contribution is -2.32. The summed E-state index contributed by atoms with van der Waals surface area (Å²) in [4.78, 5) is 1.18. The predicted molar refractivity (Wildman–Crippen MR) is 83.2 cm³/mol. The molecular weight excluding hydrogens is 292 g/mol. The van der Waals surface area contributed by atoms with Crippen LogP contribution in [0.2, 0.25) is 0 Å². The highest BCUT2D eigenvalue weighted by atomic mass is 32.2. The van der Waals surface area contributed by atoms with Gasteiger partial charge in [-0.25, -0.2) is 8.42 Å². The third kappa shape index (κ3) is 3.42. The normalized spacial score (nSPS) is 21.8. The molecule has 0 aromatic carbocycles. The van der Waals surface area contributed by atoms with E-state index in [1.807, 2.05) is 5.38 Å². The molecule has 0 bridgehead atoms. The summed E-state index contributed by atoms with van der Waals surface area (Å²) in [6.07, 6.45) is 5.48.